The van der Waals surface area contributed by atoms with Crippen LogP contribution in [0.25, 0.3) is 0 Å². The average Bonchev–Trinajstić information content (AvgIpc) is 2.77. The minimum absolute atomic E-state index is 0.0388. The van der Waals surface area contributed by atoms with Gasteiger partial charge >= 0.3 is 0 Å². The molecular weight excluding hydrogens is 226 g/mol. The number of likely N-dealkylation sites (tertiary alicyclic amines) is 1. The molecule has 5 nitrogen and oxygen atoms in total. The van der Waals surface area contributed by atoms with Gasteiger partial charge in [-0.15, -0.1) is 11.3 Å². The lowest BCUT2D eigenvalue weighted by Crippen LogP contribution is -2.48. The summed E-state index contributed by atoms with van der Waals surface area (Å²) in [7, 11) is 1.75. The van der Waals surface area contributed by atoms with Gasteiger partial charge in [-0.05, 0) is 6.42 Å². The molecule has 2 amide bonds. The Labute approximate surface area is 97.5 Å². The van der Waals surface area contributed by atoms with Gasteiger partial charge in [0, 0.05) is 31.4 Å². The van der Waals surface area contributed by atoms with Crippen molar-refractivity contribution in [1.82, 2.24) is 15.2 Å². The van der Waals surface area contributed by atoms with Crippen LogP contribution in [0.4, 0.5) is 0 Å². The average molecular weight is 239 g/mol. The standard InChI is InChI=1S/C10H13N3O2S/c1-13-4-7(2-3-9(13)14)12-10(15)8-5-16-6-11-8/h5-7H,2-4H2,1H3,(H,12,15). The minimum Gasteiger partial charge on any atom is -0.346 e. The molecule has 1 aliphatic heterocycles. The Morgan fingerprint density at radius 3 is 3.12 bits per heavy atom. The zero-order valence-corrected chi connectivity index (χ0v) is 9.79. The molecule has 0 radical (unpaired) electrons. The lowest BCUT2D eigenvalue weighted by molar-refractivity contribution is -0.132. The highest BCUT2D eigenvalue weighted by atomic mass is 32.1. The number of rotatable bonds is 2. The zero-order chi connectivity index (χ0) is 11.5. The van der Waals surface area contributed by atoms with Gasteiger partial charge in [0.05, 0.1) is 5.51 Å². The maximum Gasteiger partial charge on any atom is 0.271 e. The molecule has 2 rings (SSSR count). The molecular formula is C10H13N3O2S. The van der Waals surface area contributed by atoms with Crippen molar-refractivity contribution < 1.29 is 9.59 Å². The second-order valence-corrected chi connectivity index (χ2v) is 4.58. The highest BCUT2D eigenvalue weighted by molar-refractivity contribution is 7.07. The van der Waals surface area contributed by atoms with Gasteiger partial charge in [0.2, 0.25) is 5.91 Å². The molecule has 16 heavy (non-hydrogen) atoms. The molecule has 1 atom stereocenters. The fourth-order valence-electron chi connectivity index (χ4n) is 1.71. The number of likely N-dealkylation sites (N-methyl/N-ethyl adjacent to an activating group) is 1. The number of hydrogen-bond acceptors (Lipinski definition) is 4. The SMILES string of the molecule is CN1CC(NC(=O)c2cscn2)CCC1=O. The van der Waals surface area contributed by atoms with Crippen LogP contribution in [0.1, 0.15) is 23.3 Å². The first-order valence-corrected chi connectivity index (χ1v) is 6.04. The number of carbonyl (C=O) groups excluding carboxylic acids is 2. The van der Waals surface area contributed by atoms with Crippen LogP contribution in [-0.2, 0) is 4.79 Å². The fraction of sp³-hybridized carbons (Fsp3) is 0.500. The Kier molecular flexibility index (Phi) is 3.19. The Hall–Kier alpha value is -1.43. The summed E-state index contributed by atoms with van der Waals surface area (Å²) in [5.41, 5.74) is 2.08. The van der Waals surface area contributed by atoms with Gasteiger partial charge in [-0.25, -0.2) is 4.98 Å². The largest absolute Gasteiger partial charge is 0.346 e. The third-order valence-corrected chi connectivity index (χ3v) is 3.21. The van der Waals surface area contributed by atoms with Gasteiger partial charge in [-0.1, -0.05) is 0 Å². The van der Waals surface area contributed by atoms with E-state index in [1.807, 2.05) is 0 Å². The van der Waals surface area contributed by atoms with Crippen LogP contribution in [0.3, 0.4) is 0 Å². The molecule has 0 saturated carbocycles. The second kappa shape index (κ2) is 4.61. The lowest BCUT2D eigenvalue weighted by Gasteiger charge is -2.29. The Morgan fingerprint density at radius 1 is 1.69 bits per heavy atom. The molecule has 0 spiro atoms. The molecule has 2 heterocycles. The van der Waals surface area contributed by atoms with Crippen molar-refractivity contribution in [1.29, 1.82) is 0 Å². The van der Waals surface area contributed by atoms with E-state index in [0.29, 0.717) is 25.1 Å². The number of nitrogens with zero attached hydrogens (tertiary/aromatic N) is 2. The first-order valence-electron chi connectivity index (χ1n) is 5.10. The van der Waals surface area contributed by atoms with Crippen molar-refractivity contribution in [3.05, 3.63) is 16.6 Å². The van der Waals surface area contributed by atoms with E-state index in [4.69, 9.17) is 0 Å². The molecule has 1 fully saturated rings. The number of hydrogen-bond donors (Lipinski definition) is 1. The van der Waals surface area contributed by atoms with E-state index < -0.39 is 0 Å². The summed E-state index contributed by atoms with van der Waals surface area (Å²) in [4.78, 5) is 28.5. The summed E-state index contributed by atoms with van der Waals surface area (Å²) in [5, 5.41) is 4.60. The highest BCUT2D eigenvalue weighted by Crippen LogP contribution is 2.10. The van der Waals surface area contributed by atoms with Crippen molar-refractivity contribution in [2.45, 2.75) is 18.9 Å². The number of aromatic nitrogens is 1. The van der Waals surface area contributed by atoms with E-state index in [2.05, 4.69) is 10.3 Å². The van der Waals surface area contributed by atoms with Crippen LogP contribution in [0.2, 0.25) is 0 Å². The maximum absolute atomic E-state index is 11.7. The molecule has 1 aromatic heterocycles. The fourth-order valence-corrected chi connectivity index (χ4v) is 2.25. The Morgan fingerprint density at radius 2 is 2.50 bits per heavy atom. The van der Waals surface area contributed by atoms with Crippen LogP contribution in [0.5, 0.6) is 0 Å². The number of amides is 2. The van der Waals surface area contributed by atoms with Crippen molar-refractivity contribution in [3.8, 4) is 0 Å². The van der Waals surface area contributed by atoms with Crippen LogP contribution >= 0.6 is 11.3 Å². The molecule has 0 aromatic carbocycles. The molecule has 6 heteroatoms. The van der Waals surface area contributed by atoms with Gasteiger partial charge < -0.3 is 10.2 Å². The quantitative estimate of drug-likeness (QED) is 0.817. The normalized spacial score (nSPS) is 20.9. The summed E-state index contributed by atoms with van der Waals surface area (Å²) in [6.45, 7) is 0.578. The molecule has 1 aliphatic rings. The molecule has 0 aliphatic carbocycles. The van der Waals surface area contributed by atoms with Crippen LogP contribution < -0.4 is 5.32 Å². The van der Waals surface area contributed by atoms with E-state index in [9.17, 15) is 9.59 Å². The zero-order valence-electron chi connectivity index (χ0n) is 8.97. The predicted octanol–water partition coefficient (Wildman–Crippen LogP) is 0.494. The summed E-state index contributed by atoms with van der Waals surface area (Å²) in [5.74, 6) is -0.0202. The molecule has 1 aromatic rings. The third-order valence-electron chi connectivity index (χ3n) is 2.63. The van der Waals surface area contributed by atoms with Gasteiger partial charge in [-0.2, -0.15) is 0 Å². The molecule has 1 saturated heterocycles. The van der Waals surface area contributed by atoms with Gasteiger partial charge in [0.15, 0.2) is 0 Å². The summed E-state index contributed by atoms with van der Waals surface area (Å²) in [6.07, 6.45) is 1.21. The summed E-state index contributed by atoms with van der Waals surface area (Å²) < 4.78 is 0. The van der Waals surface area contributed by atoms with Crippen molar-refractivity contribution >= 4 is 23.2 Å². The van der Waals surface area contributed by atoms with E-state index in [1.54, 1.807) is 22.8 Å². The number of piperidine rings is 1. The van der Waals surface area contributed by atoms with Crippen molar-refractivity contribution in [2.75, 3.05) is 13.6 Å². The van der Waals surface area contributed by atoms with E-state index in [-0.39, 0.29) is 17.9 Å². The highest BCUT2D eigenvalue weighted by Gasteiger charge is 2.24. The Balaban J connectivity index is 1.91. The molecule has 86 valence electrons. The van der Waals surface area contributed by atoms with Crippen molar-refractivity contribution in [2.24, 2.45) is 0 Å². The summed E-state index contributed by atoms with van der Waals surface area (Å²) >= 11 is 1.39. The second-order valence-electron chi connectivity index (χ2n) is 3.86. The topological polar surface area (TPSA) is 62.3 Å². The van der Waals surface area contributed by atoms with E-state index >= 15 is 0 Å². The van der Waals surface area contributed by atoms with Crippen LogP contribution in [0.15, 0.2) is 10.9 Å². The van der Waals surface area contributed by atoms with Gasteiger partial charge in [0.25, 0.3) is 5.91 Å². The number of thiazole rings is 1. The third kappa shape index (κ3) is 2.38. The van der Waals surface area contributed by atoms with E-state index in [1.165, 1.54) is 11.3 Å². The predicted molar refractivity (Wildman–Crippen MR) is 60.2 cm³/mol. The number of carbonyl (C=O) groups is 2. The maximum atomic E-state index is 11.7. The van der Waals surface area contributed by atoms with E-state index in [0.717, 1.165) is 0 Å². The molecule has 1 N–H and O–H groups in total. The minimum atomic E-state index is -0.158. The number of nitrogens with one attached hydrogen (secondary N) is 1. The monoisotopic (exact) mass is 239 g/mol. The Bertz CT molecular complexity index is 391. The van der Waals surface area contributed by atoms with Crippen molar-refractivity contribution in [3.63, 3.8) is 0 Å². The lowest BCUT2D eigenvalue weighted by atomic mass is 10.1. The van der Waals surface area contributed by atoms with Gasteiger partial charge in [-0.3, -0.25) is 9.59 Å². The first-order chi connectivity index (χ1) is 7.66. The molecule has 0 bridgehead atoms. The van der Waals surface area contributed by atoms with Gasteiger partial charge in [0.1, 0.15) is 5.69 Å². The van der Waals surface area contributed by atoms with Crippen LogP contribution in [0, 0.1) is 0 Å². The smallest absolute Gasteiger partial charge is 0.271 e. The van der Waals surface area contributed by atoms with Crippen LogP contribution in [-0.4, -0.2) is 41.3 Å². The first kappa shape index (κ1) is 11.1. The summed E-state index contributed by atoms with van der Waals surface area (Å²) in [6, 6.07) is 0.0388. The molecule has 1 unspecified atom stereocenters.